The quantitative estimate of drug-likeness (QED) is 0.186. The van der Waals surface area contributed by atoms with Crippen LogP contribution in [0.2, 0.25) is 0 Å². The summed E-state index contributed by atoms with van der Waals surface area (Å²) in [7, 11) is 0. The third kappa shape index (κ3) is 4.85. The van der Waals surface area contributed by atoms with Crippen LogP contribution in [0.3, 0.4) is 0 Å². The van der Waals surface area contributed by atoms with Crippen molar-refractivity contribution in [2.75, 3.05) is 0 Å². The minimum absolute atomic E-state index is 0.0321. The van der Waals surface area contributed by atoms with Gasteiger partial charge in [-0.05, 0) is 171 Å². The molecule has 5 aliphatic carbocycles. The van der Waals surface area contributed by atoms with E-state index >= 15 is 0 Å². The van der Waals surface area contributed by atoms with Crippen molar-refractivity contribution >= 4 is 11.5 Å². The number of nitrogens with zero attached hydrogens (tertiary/aromatic N) is 1. The summed E-state index contributed by atoms with van der Waals surface area (Å²) in [6, 6.07) is 8.16. The number of rotatable bonds is 5. The Morgan fingerprint density at radius 3 is 2.24 bits per heavy atom. The van der Waals surface area contributed by atoms with Crippen LogP contribution < -0.4 is 0 Å². The average molecular weight is 626 g/mol. The molecule has 4 heteroatoms. The lowest BCUT2D eigenvalue weighted by Crippen LogP contribution is -2.65. The second-order valence-corrected chi connectivity index (χ2v) is 18.5. The maximum atomic E-state index is 12.7. The molecule has 250 valence electrons. The van der Waals surface area contributed by atoms with Gasteiger partial charge < -0.3 is 4.74 Å². The maximum absolute atomic E-state index is 12.7. The molecule has 0 amide bonds. The number of nitroso groups, excluding NO2 is 1. The number of benzene rings is 1. The summed E-state index contributed by atoms with van der Waals surface area (Å²) < 4.78 is 5.62. The first-order chi connectivity index (χ1) is 21.4. The molecule has 5 aliphatic rings. The topological polar surface area (TPSA) is 55.7 Å². The van der Waals surface area contributed by atoms with Gasteiger partial charge in [0.1, 0.15) is 5.60 Å². The van der Waals surface area contributed by atoms with Crippen LogP contribution in [-0.2, 0) is 4.74 Å². The molecule has 0 aliphatic heterocycles. The van der Waals surface area contributed by atoms with Crippen molar-refractivity contribution in [3.05, 3.63) is 70.8 Å². The lowest BCUT2D eigenvalue weighted by atomic mass is 9.32. The van der Waals surface area contributed by atoms with Crippen molar-refractivity contribution in [3.63, 3.8) is 0 Å². The Morgan fingerprint density at radius 1 is 0.913 bits per heavy atom. The van der Waals surface area contributed by atoms with Gasteiger partial charge >= 0.3 is 5.97 Å². The molecule has 9 atom stereocenters. The molecule has 46 heavy (non-hydrogen) atoms. The zero-order valence-corrected chi connectivity index (χ0v) is 30.2. The smallest absolute Gasteiger partial charge is 0.338 e. The van der Waals surface area contributed by atoms with Gasteiger partial charge in [-0.1, -0.05) is 71.1 Å². The highest BCUT2D eigenvalue weighted by atomic mass is 16.6. The van der Waals surface area contributed by atoms with E-state index in [2.05, 4.69) is 77.6 Å². The zero-order chi connectivity index (χ0) is 33.5. The number of fused-ring (bicyclic) bond motifs is 7. The molecule has 1 aromatic rings. The molecule has 4 saturated carbocycles. The molecule has 0 N–H and O–H groups in total. The van der Waals surface area contributed by atoms with Crippen LogP contribution in [-0.4, -0.2) is 11.6 Å². The van der Waals surface area contributed by atoms with Gasteiger partial charge in [0.25, 0.3) is 0 Å². The number of allylic oxidation sites excluding steroid dienone is 4. The summed E-state index contributed by atoms with van der Waals surface area (Å²) in [4.78, 5) is 24.0. The summed E-state index contributed by atoms with van der Waals surface area (Å²) in [5.74, 6) is 2.76. The standard InChI is InChI=1S/C42H59NO3/c1-27(2)30-17-22-42(25-26-43-45)24-23-40(9)32(35(30)42)15-16-34-39(8)20-18-31(38(6,7)33(39)19-21-41(34,40)10)28-11-13-29(14-12-28)36(44)46-37(3,4)5/h11-14,18,25-26,30,32-35H,1,15-17,19-24H2,2-10H3/b26-25+/t30-,32?,33-,34+,35+,39-,40+,41+,42+/m0/s1. The van der Waals surface area contributed by atoms with Gasteiger partial charge in [0.15, 0.2) is 0 Å². The van der Waals surface area contributed by atoms with Crippen molar-refractivity contribution in [3.8, 4) is 0 Å². The Labute approximate surface area is 278 Å². The van der Waals surface area contributed by atoms with Gasteiger partial charge in [-0.2, -0.15) is 0 Å². The summed E-state index contributed by atoms with van der Waals surface area (Å²) >= 11 is 0. The van der Waals surface area contributed by atoms with E-state index in [4.69, 9.17) is 4.74 Å². The molecule has 0 aromatic heterocycles. The molecule has 4 nitrogen and oxygen atoms in total. The second kappa shape index (κ2) is 11.0. The predicted molar refractivity (Wildman–Crippen MR) is 189 cm³/mol. The SMILES string of the molecule is C=C(C)[C@@H]1CC[C@]2(/C=C/N=O)CC[C@]3(C)C(CC[C@@H]4[C@@]5(C)CC=C(c6ccc(C(=O)OC(C)(C)C)cc6)C(C)(C)[C@@H]5CC[C@]43C)[C@@H]12. The van der Waals surface area contributed by atoms with E-state index in [9.17, 15) is 9.70 Å². The van der Waals surface area contributed by atoms with Crippen molar-refractivity contribution < 1.29 is 9.53 Å². The van der Waals surface area contributed by atoms with Crippen LogP contribution in [0.5, 0.6) is 0 Å². The molecule has 1 unspecified atom stereocenters. The average Bonchev–Trinajstić information content (AvgIpc) is 3.36. The van der Waals surface area contributed by atoms with Crippen molar-refractivity contribution in [2.24, 2.45) is 61.8 Å². The van der Waals surface area contributed by atoms with Crippen LogP contribution in [0.25, 0.3) is 5.57 Å². The fourth-order valence-electron chi connectivity index (χ4n) is 12.9. The van der Waals surface area contributed by atoms with Gasteiger partial charge in [-0.3, -0.25) is 0 Å². The third-order valence-corrected chi connectivity index (χ3v) is 15.0. The van der Waals surface area contributed by atoms with E-state index in [1.165, 1.54) is 55.2 Å². The Hall–Kier alpha value is -2.49. The normalized spacial score (nSPS) is 41.4. The highest BCUT2D eigenvalue weighted by Gasteiger charge is 2.70. The van der Waals surface area contributed by atoms with Crippen LogP contribution >= 0.6 is 0 Å². The first-order valence-corrected chi connectivity index (χ1v) is 18.1. The second-order valence-electron chi connectivity index (χ2n) is 18.5. The van der Waals surface area contributed by atoms with Crippen molar-refractivity contribution in [2.45, 2.75) is 126 Å². The molecule has 0 bridgehead atoms. The summed E-state index contributed by atoms with van der Waals surface area (Å²) in [6.45, 7) is 25.4. The first-order valence-electron chi connectivity index (χ1n) is 18.1. The fourth-order valence-corrected chi connectivity index (χ4v) is 12.9. The molecule has 4 fully saturated rings. The van der Waals surface area contributed by atoms with Crippen LogP contribution in [0.4, 0.5) is 0 Å². The Bertz CT molecular complexity index is 1460. The van der Waals surface area contributed by atoms with Crippen LogP contribution in [0.1, 0.15) is 136 Å². The third-order valence-electron chi connectivity index (χ3n) is 15.0. The van der Waals surface area contributed by atoms with E-state index in [1.54, 1.807) is 6.20 Å². The van der Waals surface area contributed by atoms with E-state index < -0.39 is 5.60 Å². The molecule has 0 spiro atoms. The number of hydrogen-bond donors (Lipinski definition) is 0. The first kappa shape index (κ1) is 33.4. The largest absolute Gasteiger partial charge is 0.456 e. The van der Waals surface area contributed by atoms with Gasteiger partial charge in [-0.25, -0.2) is 4.79 Å². The predicted octanol–water partition coefficient (Wildman–Crippen LogP) is 11.6. The minimum atomic E-state index is -0.505. The molecule has 6 rings (SSSR count). The monoisotopic (exact) mass is 625 g/mol. The van der Waals surface area contributed by atoms with E-state index in [0.29, 0.717) is 35.2 Å². The van der Waals surface area contributed by atoms with Gasteiger partial charge in [0.05, 0.1) is 11.8 Å². The number of hydrogen-bond acceptors (Lipinski definition) is 4. The molecule has 0 radical (unpaired) electrons. The van der Waals surface area contributed by atoms with Gasteiger partial charge in [-0.15, -0.1) is 4.91 Å². The van der Waals surface area contributed by atoms with E-state index in [1.807, 2.05) is 32.9 Å². The summed E-state index contributed by atoms with van der Waals surface area (Å²) in [5, 5.41) is 3.20. The zero-order valence-electron chi connectivity index (χ0n) is 30.2. The van der Waals surface area contributed by atoms with Gasteiger partial charge in [0.2, 0.25) is 0 Å². The number of carbonyl (C=O) groups excluding carboxylic acids is 1. The minimum Gasteiger partial charge on any atom is -0.456 e. The molecule has 0 heterocycles. The lowest BCUT2D eigenvalue weighted by molar-refractivity contribution is -0.221. The van der Waals surface area contributed by atoms with Gasteiger partial charge in [0, 0.05) is 0 Å². The summed E-state index contributed by atoms with van der Waals surface area (Å²) in [5.41, 5.74) is 5.01. The van der Waals surface area contributed by atoms with Crippen LogP contribution in [0.15, 0.2) is 59.9 Å². The Kier molecular flexibility index (Phi) is 8.01. The van der Waals surface area contributed by atoms with Crippen molar-refractivity contribution in [1.82, 2.24) is 0 Å². The van der Waals surface area contributed by atoms with E-state index in [0.717, 1.165) is 19.3 Å². The lowest BCUT2D eigenvalue weighted by Gasteiger charge is -2.72. The number of ether oxygens (including phenoxy) is 1. The highest BCUT2D eigenvalue weighted by Crippen LogP contribution is 2.77. The maximum Gasteiger partial charge on any atom is 0.338 e. The number of esters is 1. The summed E-state index contributed by atoms with van der Waals surface area (Å²) in [6.07, 6.45) is 17.3. The number of carbonyl (C=O) groups is 1. The van der Waals surface area contributed by atoms with Crippen molar-refractivity contribution in [1.29, 1.82) is 0 Å². The molecular formula is C42H59NO3. The Balaban J connectivity index is 1.31. The van der Waals surface area contributed by atoms with Crippen LogP contribution in [0, 0.1) is 61.6 Å². The molecular weight excluding hydrogens is 566 g/mol. The molecule has 1 aromatic carbocycles. The highest BCUT2D eigenvalue weighted by molar-refractivity contribution is 5.90. The molecule has 0 saturated heterocycles. The Morgan fingerprint density at radius 2 is 1.61 bits per heavy atom. The van der Waals surface area contributed by atoms with E-state index in [-0.39, 0.29) is 33.0 Å². The fraction of sp³-hybridized carbons (Fsp3) is 0.690.